The molecule has 1 aromatic rings. The van der Waals surface area contributed by atoms with Gasteiger partial charge >= 0.3 is 12.3 Å². The van der Waals surface area contributed by atoms with Gasteiger partial charge in [-0.25, -0.2) is 8.78 Å². The Morgan fingerprint density at radius 2 is 1.85 bits per heavy atom. The van der Waals surface area contributed by atoms with Crippen molar-refractivity contribution in [3.63, 3.8) is 0 Å². The van der Waals surface area contributed by atoms with Crippen LogP contribution in [0.15, 0.2) is 18.2 Å². The molecule has 0 bridgehead atoms. The maximum absolute atomic E-state index is 13.6. The van der Waals surface area contributed by atoms with Crippen molar-refractivity contribution < 1.29 is 27.0 Å². The Kier molecular flexibility index (Phi) is 4.37. The monoisotopic (exact) mass is 293 g/mol. The second-order valence-corrected chi connectivity index (χ2v) is 4.37. The van der Waals surface area contributed by atoms with E-state index in [2.05, 4.69) is 5.32 Å². The van der Waals surface area contributed by atoms with Crippen molar-refractivity contribution in [2.75, 3.05) is 19.8 Å². The molecule has 1 aromatic carbocycles. The van der Waals surface area contributed by atoms with E-state index in [-0.39, 0.29) is 12.1 Å². The Balaban J connectivity index is 2.34. The first-order valence-corrected chi connectivity index (χ1v) is 6.25. The van der Waals surface area contributed by atoms with Gasteiger partial charge in [-0.2, -0.15) is 8.78 Å². The molecule has 0 aliphatic carbocycles. The summed E-state index contributed by atoms with van der Waals surface area (Å²) >= 11 is 0. The smallest absolute Gasteiger partial charge is 0.326 e. The second kappa shape index (κ2) is 5.87. The fourth-order valence-corrected chi connectivity index (χ4v) is 2.05. The number of alkyl halides is 4. The van der Waals surface area contributed by atoms with E-state index in [4.69, 9.17) is 9.47 Å². The first-order valence-electron chi connectivity index (χ1n) is 6.25. The third-order valence-corrected chi connectivity index (χ3v) is 2.98. The molecule has 1 atom stereocenters. The minimum atomic E-state index is -4.17. The van der Waals surface area contributed by atoms with Gasteiger partial charge in [-0.3, -0.25) is 0 Å². The van der Waals surface area contributed by atoms with Crippen LogP contribution in [-0.2, 0) is 0 Å². The topological polar surface area (TPSA) is 30.5 Å². The van der Waals surface area contributed by atoms with Crippen LogP contribution in [0.25, 0.3) is 0 Å². The maximum Gasteiger partial charge on any atom is 0.326 e. The summed E-state index contributed by atoms with van der Waals surface area (Å²) in [5, 5.41) is 2.40. The first-order chi connectivity index (χ1) is 9.46. The number of hydrogen-bond donors (Lipinski definition) is 1. The van der Waals surface area contributed by atoms with Crippen molar-refractivity contribution in [3.05, 3.63) is 23.8 Å². The summed E-state index contributed by atoms with van der Waals surface area (Å²) in [5.41, 5.74) is 0.0430. The molecule has 1 aliphatic heterocycles. The SMILES string of the molecule is CCNC(c1ccc2c(c1)OCCO2)C(F)(F)C(F)F. The summed E-state index contributed by atoms with van der Waals surface area (Å²) in [6.45, 7) is 2.39. The van der Waals surface area contributed by atoms with E-state index in [0.29, 0.717) is 24.7 Å². The van der Waals surface area contributed by atoms with Gasteiger partial charge in [0, 0.05) is 0 Å². The normalized spacial score (nSPS) is 16.3. The molecule has 7 heteroatoms. The third-order valence-electron chi connectivity index (χ3n) is 2.98. The molecule has 1 N–H and O–H groups in total. The molecule has 112 valence electrons. The zero-order valence-electron chi connectivity index (χ0n) is 10.8. The molecule has 1 heterocycles. The zero-order chi connectivity index (χ0) is 14.8. The molecule has 1 aliphatic rings. The summed E-state index contributed by atoms with van der Waals surface area (Å²) in [4.78, 5) is 0. The highest BCUT2D eigenvalue weighted by molar-refractivity contribution is 5.45. The molecule has 20 heavy (non-hydrogen) atoms. The minimum Gasteiger partial charge on any atom is -0.486 e. The number of hydrogen-bond acceptors (Lipinski definition) is 3. The van der Waals surface area contributed by atoms with Crippen LogP contribution in [0.3, 0.4) is 0 Å². The molecule has 2 rings (SSSR count). The van der Waals surface area contributed by atoms with Gasteiger partial charge < -0.3 is 14.8 Å². The number of benzene rings is 1. The number of ether oxygens (including phenoxy) is 2. The molecule has 0 spiro atoms. The molecule has 3 nitrogen and oxygen atoms in total. The van der Waals surface area contributed by atoms with E-state index in [9.17, 15) is 17.6 Å². The number of halogens is 4. The van der Waals surface area contributed by atoms with Crippen molar-refractivity contribution in [2.45, 2.75) is 25.3 Å². The van der Waals surface area contributed by atoms with Crippen molar-refractivity contribution in [1.29, 1.82) is 0 Å². The average Bonchev–Trinajstić information content (AvgIpc) is 2.44. The van der Waals surface area contributed by atoms with Crippen LogP contribution in [0.2, 0.25) is 0 Å². The standard InChI is InChI=1S/C13H15F4NO2/c1-2-18-11(13(16,17)12(14)15)8-3-4-9-10(7-8)20-6-5-19-9/h3-4,7,11-12,18H,2,5-6H2,1H3. The third kappa shape index (κ3) is 2.82. The molecule has 0 saturated carbocycles. The van der Waals surface area contributed by atoms with Crippen LogP contribution in [0.5, 0.6) is 11.5 Å². The van der Waals surface area contributed by atoms with Crippen LogP contribution in [0.4, 0.5) is 17.6 Å². The van der Waals surface area contributed by atoms with Crippen LogP contribution < -0.4 is 14.8 Å². The highest BCUT2D eigenvalue weighted by Gasteiger charge is 2.49. The van der Waals surface area contributed by atoms with E-state index in [0.717, 1.165) is 0 Å². The highest BCUT2D eigenvalue weighted by Crippen LogP contribution is 2.40. The van der Waals surface area contributed by atoms with E-state index in [1.54, 1.807) is 6.92 Å². The van der Waals surface area contributed by atoms with Gasteiger partial charge in [-0.15, -0.1) is 0 Å². The van der Waals surface area contributed by atoms with Gasteiger partial charge in [0.1, 0.15) is 19.3 Å². The summed E-state index contributed by atoms with van der Waals surface area (Å²) in [6, 6.07) is 2.34. The molecule has 0 amide bonds. The van der Waals surface area contributed by atoms with Crippen molar-refractivity contribution in [3.8, 4) is 11.5 Å². The minimum absolute atomic E-state index is 0.0430. The quantitative estimate of drug-likeness (QED) is 0.847. The Labute approximate surface area is 113 Å². The lowest BCUT2D eigenvalue weighted by Gasteiger charge is -2.28. The zero-order valence-corrected chi connectivity index (χ0v) is 10.8. The van der Waals surface area contributed by atoms with E-state index in [1.807, 2.05) is 0 Å². The Bertz CT molecular complexity index is 468. The molecule has 0 aromatic heterocycles. The highest BCUT2D eigenvalue weighted by atomic mass is 19.3. The number of nitrogens with one attached hydrogen (secondary N) is 1. The molecule has 0 radical (unpaired) electrons. The van der Waals surface area contributed by atoms with Gasteiger partial charge in [0.15, 0.2) is 11.5 Å². The number of fused-ring (bicyclic) bond motifs is 1. The van der Waals surface area contributed by atoms with E-state index >= 15 is 0 Å². The fraction of sp³-hybridized carbons (Fsp3) is 0.538. The molecular weight excluding hydrogens is 278 g/mol. The molecule has 1 unspecified atom stereocenters. The van der Waals surface area contributed by atoms with E-state index in [1.165, 1.54) is 18.2 Å². The van der Waals surface area contributed by atoms with Gasteiger partial charge in [0.25, 0.3) is 0 Å². The van der Waals surface area contributed by atoms with Crippen LogP contribution in [-0.4, -0.2) is 32.1 Å². The van der Waals surface area contributed by atoms with Gasteiger partial charge in [0.2, 0.25) is 0 Å². The van der Waals surface area contributed by atoms with Crippen molar-refractivity contribution >= 4 is 0 Å². The second-order valence-electron chi connectivity index (χ2n) is 4.37. The van der Waals surface area contributed by atoms with Gasteiger partial charge in [0.05, 0.1) is 0 Å². The van der Waals surface area contributed by atoms with Crippen molar-refractivity contribution in [2.24, 2.45) is 0 Å². The fourth-order valence-electron chi connectivity index (χ4n) is 2.05. The average molecular weight is 293 g/mol. The summed E-state index contributed by atoms with van der Waals surface area (Å²) in [5.74, 6) is -3.45. The summed E-state index contributed by atoms with van der Waals surface area (Å²) < 4.78 is 62.9. The van der Waals surface area contributed by atoms with Crippen molar-refractivity contribution in [1.82, 2.24) is 5.32 Å². The lowest BCUT2D eigenvalue weighted by atomic mass is 10.00. The van der Waals surface area contributed by atoms with Crippen LogP contribution in [0, 0.1) is 0 Å². The Hall–Kier alpha value is -1.50. The predicted molar refractivity (Wildman–Crippen MR) is 64.8 cm³/mol. The number of rotatable bonds is 5. The first kappa shape index (κ1) is 14.9. The largest absolute Gasteiger partial charge is 0.486 e. The predicted octanol–water partition coefficient (Wildman–Crippen LogP) is 3.01. The lowest BCUT2D eigenvalue weighted by molar-refractivity contribution is -0.151. The van der Waals surface area contributed by atoms with E-state index < -0.39 is 18.4 Å². The van der Waals surface area contributed by atoms with Gasteiger partial charge in [-0.05, 0) is 24.2 Å². The molecule has 0 saturated heterocycles. The lowest BCUT2D eigenvalue weighted by Crippen LogP contribution is -2.42. The Morgan fingerprint density at radius 1 is 1.20 bits per heavy atom. The van der Waals surface area contributed by atoms with Crippen LogP contribution >= 0.6 is 0 Å². The Morgan fingerprint density at radius 3 is 2.45 bits per heavy atom. The van der Waals surface area contributed by atoms with Gasteiger partial charge in [-0.1, -0.05) is 13.0 Å². The molecule has 0 fully saturated rings. The summed E-state index contributed by atoms with van der Waals surface area (Å²) in [6.07, 6.45) is -3.75. The maximum atomic E-state index is 13.6. The summed E-state index contributed by atoms with van der Waals surface area (Å²) in [7, 11) is 0. The molecular formula is C13H15F4NO2. The van der Waals surface area contributed by atoms with Crippen LogP contribution in [0.1, 0.15) is 18.5 Å².